The average molecular weight is 691 g/mol. The molecular weight excluding hydrogens is 658 g/mol. The number of benzene rings is 1. The molecule has 0 aliphatic carbocycles. The van der Waals surface area contributed by atoms with Crippen molar-refractivity contribution in [2.24, 2.45) is 0 Å². The van der Waals surface area contributed by atoms with Gasteiger partial charge in [0.05, 0.1) is 33.2 Å². The summed E-state index contributed by atoms with van der Waals surface area (Å²) in [5.74, 6) is -0.914. The molecule has 1 fully saturated rings. The highest BCUT2D eigenvalue weighted by Gasteiger charge is 2.22. The Bertz CT molecular complexity index is 1730. The van der Waals surface area contributed by atoms with Crippen molar-refractivity contribution in [3.63, 3.8) is 0 Å². The first kappa shape index (κ1) is 34.3. The number of alkyl halides is 2. The highest BCUT2D eigenvalue weighted by atomic mass is 35.5. The molecule has 1 aliphatic heterocycles. The van der Waals surface area contributed by atoms with Crippen LogP contribution in [0, 0.1) is 5.82 Å². The number of aliphatic hydroxyl groups is 1. The molecule has 1 aliphatic rings. The number of nitrogens with zero attached hydrogens (tertiary/aromatic N) is 3. The quantitative estimate of drug-likeness (QED) is 0.111. The predicted octanol–water partition coefficient (Wildman–Crippen LogP) is 5.84. The minimum absolute atomic E-state index is 0.0168. The molecule has 5 N–H and O–H groups in total. The Morgan fingerprint density at radius 3 is 2.55 bits per heavy atom. The van der Waals surface area contributed by atoms with Gasteiger partial charge >= 0.3 is 6.61 Å². The number of halogens is 5. The van der Waals surface area contributed by atoms with E-state index in [0.717, 1.165) is 0 Å². The summed E-state index contributed by atoms with van der Waals surface area (Å²) in [6.07, 6.45) is 3.51. The molecule has 0 radical (unpaired) electrons. The zero-order valence-corrected chi connectivity index (χ0v) is 26.7. The van der Waals surface area contributed by atoms with Gasteiger partial charge in [-0.1, -0.05) is 41.4 Å². The Morgan fingerprint density at radius 2 is 1.81 bits per heavy atom. The van der Waals surface area contributed by atoms with Gasteiger partial charge in [0.1, 0.15) is 0 Å². The molecule has 2 atom stereocenters. The van der Waals surface area contributed by atoms with E-state index < -0.39 is 18.5 Å². The molecule has 248 valence electrons. The van der Waals surface area contributed by atoms with Gasteiger partial charge in [-0.25, -0.2) is 14.4 Å². The standard InChI is InChI=1S/C32H32Cl2F3N7O3/c1-17(45)13-38-14-18-9-11-41-30(28(18)35)43-24-4-2-3-22(26(24)33)29-27(34)21(10-12-40-29)23-7-5-19(31(44-23)47-32(36)37)15-39-16-20-6-8-25(46)42-20/h2-5,7,9-12,17,20,32,38-39,45H,6,8,13-16H2,1H3,(H,41,43)(H,42,46)/t17-,20+/m0/s1. The number of carbonyl (C=O) groups is 1. The van der Waals surface area contributed by atoms with Gasteiger partial charge in [-0.2, -0.15) is 8.78 Å². The molecule has 3 aromatic heterocycles. The third-order valence-corrected chi connectivity index (χ3v) is 8.12. The van der Waals surface area contributed by atoms with Crippen molar-refractivity contribution in [2.45, 2.75) is 51.6 Å². The second kappa shape index (κ2) is 15.7. The molecule has 0 bridgehead atoms. The summed E-state index contributed by atoms with van der Waals surface area (Å²) >= 11 is 13.6. The van der Waals surface area contributed by atoms with Crippen molar-refractivity contribution in [3.8, 4) is 28.4 Å². The van der Waals surface area contributed by atoms with Crippen LogP contribution in [0.15, 0.2) is 54.9 Å². The number of nitrogens with one attached hydrogen (secondary N) is 4. The van der Waals surface area contributed by atoms with E-state index in [4.69, 9.17) is 27.9 Å². The van der Waals surface area contributed by atoms with E-state index in [1.165, 1.54) is 18.5 Å². The fraction of sp³-hybridized carbons (Fsp3) is 0.312. The fourth-order valence-corrected chi connectivity index (χ4v) is 5.62. The van der Waals surface area contributed by atoms with Crippen molar-refractivity contribution in [3.05, 3.63) is 81.8 Å². The smallest absolute Gasteiger partial charge is 0.388 e. The monoisotopic (exact) mass is 689 g/mol. The van der Waals surface area contributed by atoms with Gasteiger partial charge in [0.2, 0.25) is 11.8 Å². The number of anilines is 2. The number of carbonyl (C=O) groups excluding carboxylic acids is 1. The molecule has 1 amide bonds. The third kappa shape index (κ3) is 8.67. The number of aliphatic hydroxyl groups excluding tert-OH is 1. The normalized spacial score (nSPS) is 15.1. The molecule has 15 heteroatoms. The summed E-state index contributed by atoms with van der Waals surface area (Å²) in [5.41, 5.74) is 2.44. The van der Waals surface area contributed by atoms with Gasteiger partial charge in [0.25, 0.3) is 0 Å². The number of amides is 1. The average Bonchev–Trinajstić information content (AvgIpc) is 3.45. The van der Waals surface area contributed by atoms with Crippen molar-refractivity contribution in [1.29, 1.82) is 0 Å². The topological polar surface area (TPSA) is 133 Å². The van der Waals surface area contributed by atoms with Gasteiger partial charge in [-0.05, 0) is 37.6 Å². The summed E-state index contributed by atoms with van der Waals surface area (Å²) < 4.78 is 46.7. The minimum atomic E-state index is -3.11. The van der Waals surface area contributed by atoms with Crippen LogP contribution in [0.5, 0.6) is 5.88 Å². The van der Waals surface area contributed by atoms with Crippen molar-refractivity contribution < 1.29 is 27.8 Å². The fourth-order valence-electron chi connectivity index (χ4n) is 5.04. The molecule has 1 saturated heterocycles. The first-order chi connectivity index (χ1) is 22.6. The van der Waals surface area contributed by atoms with Gasteiger partial charge in [-0.15, -0.1) is 0 Å². The zero-order chi connectivity index (χ0) is 33.5. The van der Waals surface area contributed by atoms with Gasteiger partial charge < -0.3 is 31.1 Å². The lowest BCUT2D eigenvalue weighted by Gasteiger charge is -2.16. The van der Waals surface area contributed by atoms with E-state index in [1.54, 1.807) is 43.3 Å². The summed E-state index contributed by atoms with van der Waals surface area (Å²) in [6, 6.07) is 11.4. The molecule has 47 heavy (non-hydrogen) atoms. The molecule has 0 saturated carbocycles. The lowest BCUT2D eigenvalue weighted by molar-refractivity contribution is -0.119. The van der Waals surface area contributed by atoms with Crippen LogP contribution in [0.3, 0.4) is 0 Å². The number of hydrogen-bond acceptors (Lipinski definition) is 9. The summed E-state index contributed by atoms with van der Waals surface area (Å²) in [5, 5.41) is 21.7. The maximum Gasteiger partial charge on any atom is 0.388 e. The van der Waals surface area contributed by atoms with E-state index in [1.807, 2.05) is 0 Å². The number of pyridine rings is 3. The van der Waals surface area contributed by atoms with E-state index in [0.29, 0.717) is 53.9 Å². The maximum absolute atomic E-state index is 15.2. The number of aromatic nitrogens is 3. The minimum Gasteiger partial charge on any atom is -0.417 e. The van der Waals surface area contributed by atoms with Crippen LogP contribution < -0.4 is 26.0 Å². The second-order valence-corrected chi connectivity index (χ2v) is 11.7. The van der Waals surface area contributed by atoms with Crippen LogP contribution in [0.2, 0.25) is 10.0 Å². The lowest BCUT2D eigenvalue weighted by Crippen LogP contribution is -2.35. The van der Waals surface area contributed by atoms with E-state index in [9.17, 15) is 18.7 Å². The SMILES string of the molecule is C[C@H](O)CNCc1ccnc(Nc2cccc(-c3nccc(-c4ccc(CNC[C@H]5CCC(=O)N5)c(OC(F)F)n4)c3Cl)c2Cl)c1F. The molecule has 0 unspecified atom stereocenters. The number of ether oxygens (including phenoxy) is 1. The van der Waals surface area contributed by atoms with Crippen LogP contribution in [0.1, 0.15) is 30.9 Å². The maximum atomic E-state index is 15.2. The van der Waals surface area contributed by atoms with Gasteiger partial charge in [0, 0.05) is 73.3 Å². The van der Waals surface area contributed by atoms with Crippen LogP contribution in [0.4, 0.5) is 24.7 Å². The largest absolute Gasteiger partial charge is 0.417 e. The molecule has 4 aromatic rings. The first-order valence-electron chi connectivity index (χ1n) is 14.8. The Balaban J connectivity index is 1.38. The first-order valence-corrected chi connectivity index (χ1v) is 15.5. The van der Waals surface area contributed by atoms with E-state index >= 15 is 4.39 Å². The second-order valence-electron chi connectivity index (χ2n) is 10.9. The number of hydrogen-bond donors (Lipinski definition) is 5. The Hall–Kier alpha value is -4.01. The van der Waals surface area contributed by atoms with E-state index in [-0.39, 0.29) is 58.2 Å². The Kier molecular flexibility index (Phi) is 11.5. The summed E-state index contributed by atoms with van der Waals surface area (Å²) in [6.45, 7) is -0.353. The molecular formula is C32H32Cl2F3N7O3. The molecule has 0 spiro atoms. The van der Waals surface area contributed by atoms with E-state index in [2.05, 4.69) is 36.2 Å². The highest BCUT2D eigenvalue weighted by molar-refractivity contribution is 6.39. The predicted molar refractivity (Wildman–Crippen MR) is 173 cm³/mol. The summed E-state index contributed by atoms with van der Waals surface area (Å²) in [4.78, 5) is 24.3. The molecule has 10 nitrogen and oxygen atoms in total. The summed E-state index contributed by atoms with van der Waals surface area (Å²) in [7, 11) is 0. The number of rotatable bonds is 14. The van der Waals surface area contributed by atoms with Crippen molar-refractivity contribution in [2.75, 3.05) is 18.4 Å². The lowest BCUT2D eigenvalue weighted by atomic mass is 10.1. The molecule has 5 rings (SSSR count). The zero-order valence-electron chi connectivity index (χ0n) is 25.2. The Morgan fingerprint density at radius 1 is 1.02 bits per heavy atom. The van der Waals surface area contributed by atoms with Gasteiger partial charge in [0.15, 0.2) is 11.6 Å². The van der Waals surface area contributed by atoms with Gasteiger partial charge in [-0.3, -0.25) is 9.78 Å². The molecule has 1 aromatic carbocycles. The molecule has 4 heterocycles. The third-order valence-electron chi connectivity index (χ3n) is 7.33. The van der Waals surface area contributed by atoms with Crippen LogP contribution in [-0.2, 0) is 17.9 Å². The van der Waals surface area contributed by atoms with Crippen molar-refractivity contribution >= 4 is 40.6 Å². The Labute approximate surface area is 279 Å². The van der Waals surface area contributed by atoms with Crippen LogP contribution in [-0.4, -0.2) is 57.8 Å². The van der Waals surface area contributed by atoms with Crippen LogP contribution in [0.25, 0.3) is 22.5 Å². The highest BCUT2D eigenvalue weighted by Crippen LogP contribution is 2.41. The van der Waals surface area contributed by atoms with Crippen LogP contribution >= 0.6 is 23.2 Å². The van der Waals surface area contributed by atoms with Crippen molar-refractivity contribution in [1.82, 2.24) is 30.9 Å².